The zero-order chi connectivity index (χ0) is 41.1. The molecule has 0 N–H and O–H groups in total. The lowest BCUT2D eigenvalue weighted by Gasteiger charge is -2.15. The van der Waals surface area contributed by atoms with E-state index in [0.717, 1.165) is 30.2 Å². The van der Waals surface area contributed by atoms with Crippen molar-refractivity contribution in [3.8, 4) is 42.7 Å². The van der Waals surface area contributed by atoms with Crippen molar-refractivity contribution in [2.24, 2.45) is 0 Å². The summed E-state index contributed by atoms with van der Waals surface area (Å²) in [6, 6.07) is 4.21. The van der Waals surface area contributed by atoms with Crippen LogP contribution in [0.5, 0.6) is 0 Å². The van der Waals surface area contributed by atoms with Crippen molar-refractivity contribution in [3.63, 3.8) is 0 Å². The van der Waals surface area contributed by atoms with Crippen LogP contribution in [0.3, 0.4) is 0 Å². The number of halogens is 15. The zero-order valence-corrected chi connectivity index (χ0v) is 25.5. The Labute approximate surface area is 290 Å². The van der Waals surface area contributed by atoms with Crippen LogP contribution in [0.25, 0.3) is 16.7 Å². The minimum Gasteiger partial charge on any atom is -0.206 e. The van der Waals surface area contributed by atoms with Crippen LogP contribution < -0.4 is 0 Å². The van der Waals surface area contributed by atoms with Gasteiger partial charge in [0.25, 0.3) is 0 Å². The molecule has 1 aliphatic rings. The molecule has 0 atom stereocenters. The fourth-order valence-electron chi connectivity index (χ4n) is 5.31. The van der Waals surface area contributed by atoms with E-state index in [1.54, 1.807) is 0 Å². The largest absolute Gasteiger partial charge is 0.420 e. The molecule has 0 aromatic heterocycles. The molecule has 0 aliphatic heterocycles. The van der Waals surface area contributed by atoms with Gasteiger partial charge in [-0.25, -0.2) is 39.5 Å². The molecule has 0 unspecified atom stereocenters. The van der Waals surface area contributed by atoms with Gasteiger partial charge in [0.1, 0.15) is 64.5 Å². The fraction of sp³-hybridized carbons (Fsp3) is 0.0882. The molecular weight excluding hydrogens is 763 g/mol. The summed E-state index contributed by atoms with van der Waals surface area (Å²) >= 11 is 0. The summed E-state index contributed by atoms with van der Waals surface area (Å²) in [5, 5.41) is 47.9. The Balaban J connectivity index is 2.45. The lowest BCUT2D eigenvalue weighted by Crippen LogP contribution is -2.17. The highest BCUT2D eigenvalue weighted by Crippen LogP contribution is 2.58. The Morgan fingerprint density at radius 1 is 0.444 bits per heavy atom. The topological polar surface area (TPSA) is 119 Å². The molecule has 1 fully saturated rings. The summed E-state index contributed by atoms with van der Waals surface area (Å²) in [5.74, 6) is -22.6. The average Bonchev–Trinajstić information content (AvgIpc) is 3.81. The Kier molecular flexibility index (Phi) is 9.85. The lowest BCUT2D eigenvalue weighted by atomic mass is 9.94. The Morgan fingerprint density at radius 2 is 0.741 bits per heavy atom. The molecule has 0 saturated heterocycles. The maximum atomic E-state index is 15.6. The van der Waals surface area contributed by atoms with Gasteiger partial charge in [-0.05, 0) is 6.92 Å². The van der Waals surface area contributed by atoms with Crippen LogP contribution in [-0.4, -0.2) is 0 Å². The molecule has 0 heterocycles. The van der Waals surface area contributed by atoms with E-state index in [1.807, 2.05) is 0 Å². The van der Waals surface area contributed by atoms with Gasteiger partial charge in [0, 0.05) is 22.3 Å². The normalized spacial score (nSPS) is 15.2. The van der Waals surface area contributed by atoms with Gasteiger partial charge < -0.3 is 0 Å². The zero-order valence-electron chi connectivity index (χ0n) is 25.5. The first kappa shape index (κ1) is 39.6. The standard InChI is InChI=1S/C34H4F15N5/c1-3-10-22(33(44,45)46)28(39)20(31(42)25(10)36)13(6-52)17-16(12(5-51)19-24(35)9(2)11(4-50)26(37)30(19)41)18(17)14(7-53)21-29(40)23(34(47,48)49)15(8-54)27(38)32(21)43/h1H,2H3/b16-12?,17-13+,18-14-. The third-order valence-corrected chi connectivity index (χ3v) is 7.65. The quantitative estimate of drug-likeness (QED) is 0.114. The van der Waals surface area contributed by atoms with Crippen molar-refractivity contribution >= 4 is 16.7 Å². The number of terminal acetylenes is 1. The van der Waals surface area contributed by atoms with E-state index in [-0.39, 0.29) is 0 Å². The van der Waals surface area contributed by atoms with Gasteiger partial charge in [-0.1, -0.05) is 5.92 Å². The Bertz CT molecular complexity index is 2480. The summed E-state index contributed by atoms with van der Waals surface area (Å²) in [5.41, 5.74) is -29.9. The summed E-state index contributed by atoms with van der Waals surface area (Å²) in [7, 11) is 0. The monoisotopic (exact) mass is 767 g/mol. The number of nitriles is 5. The molecule has 20 heteroatoms. The summed E-state index contributed by atoms with van der Waals surface area (Å²) < 4.78 is 221. The fourth-order valence-corrected chi connectivity index (χ4v) is 5.31. The van der Waals surface area contributed by atoms with Crippen LogP contribution in [0, 0.1) is 128 Å². The second-order valence-electron chi connectivity index (χ2n) is 10.4. The molecule has 54 heavy (non-hydrogen) atoms. The third-order valence-electron chi connectivity index (χ3n) is 7.65. The summed E-state index contributed by atoms with van der Waals surface area (Å²) in [6.45, 7) is 0.615. The van der Waals surface area contributed by atoms with Crippen LogP contribution >= 0.6 is 0 Å². The van der Waals surface area contributed by atoms with Crippen molar-refractivity contribution in [2.45, 2.75) is 19.3 Å². The minimum absolute atomic E-state index is 0.528. The molecule has 0 bridgehead atoms. The first-order valence-electron chi connectivity index (χ1n) is 13.5. The molecule has 1 aliphatic carbocycles. The van der Waals surface area contributed by atoms with Crippen LogP contribution in [0.2, 0.25) is 0 Å². The molecule has 5 nitrogen and oxygen atoms in total. The molecule has 0 radical (unpaired) electrons. The van der Waals surface area contributed by atoms with Crippen LogP contribution in [-0.2, 0) is 12.4 Å². The van der Waals surface area contributed by atoms with E-state index >= 15 is 26.3 Å². The van der Waals surface area contributed by atoms with Gasteiger partial charge in [-0.2, -0.15) is 52.7 Å². The van der Waals surface area contributed by atoms with Gasteiger partial charge in [0.15, 0.2) is 34.9 Å². The number of alkyl halides is 6. The van der Waals surface area contributed by atoms with Crippen LogP contribution in [0.1, 0.15) is 50.1 Å². The predicted octanol–water partition coefficient (Wildman–Crippen LogP) is 9.25. The third kappa shape index (κ3) is 5.71. The highest BCUT2D eigenvalue weighted by molar-refractivity contribution is 6.12. The molecule has 0 amide bonds. The highest BCUT2D eigenvalue weighted by atomic mass is 19.4. The van der Waals surface area contributed by atoms with E-state index in [9.17, 15) is 55.3 Å². The van der Waals surface area contributed by atoms with Gasteiger partial charge in [-0.3, -0.25) is 0 Å². The number of rotatable bonds is 3. The first-order valence-corrected chi connectivity index (χ1v) is 13.5. The molecule has 3 aromatic rings. The molecule has 1 saturated carbocycles. The molecule has 0 spiro atoms. The maximum Gasteiger partial charge on any atom is 0.420 e. The highest BCUT2D eigenvalue weighted by Gasteiger charge is 2.49. The Hall–Kier alpha value is -7.16. The van der Waals surface area contributed by atoms with Gasteiger partial charge in [0.05, 0.1) is 44.5 Å². The summed E-state index contributed by atoms with van der Waals surface area (Å²) in [6.07, 6.45) is -7.32. The summed E-state index contributed by atoms with van der Waals surface area (Å²) in [4.78, 5) is 0. The van der Waals surface area contributed by atoms with Crippen molar-refractivity contribution in [1.82, 2.24) is 0 Å². The van der Waals surface area contributed by atoms with Crippen molar-refractivity contribution in [1.29, 1.82) is 26.3 Å². The SMILES string of the molecule is C#Cc1c(F)c(F)c(/C(C#N)=C2\C(=C(C#N)c3c(F)c(C)c(C#N)c(F)c3F)\C2=C(/C#N)c2c(F)c(F)c(C#N)c(C(F)(F)F)c2F)c(F)c1C(F)(F)F. The molecule has 270 valence electrons. The predicted molar refractivity (Wildman–Crippen MR) is 149 cm³/mol. The van der Waals surface area contributed by atoms with Crippen LogP contribution in [0.15, 0.2) is 16.7 Å². The number of benzene rings is 3. The maximum absolute atomic E-state index is 15.6. The van der Waals surface area contributed by atoms with Gasteiger partial charge in [-0.15, -0.1) is 6.42 Å². The van der Waals surface area contributed by atoms with Crippen molar-refractivity contribution < 1.29 is 65.9 Å². The van der Waals surface area contributed by atoms with E-state index in [2.05, 4.69) is 0 Å². The second kappa shape index (κ2) is 13.4. The number of nitrogens with zero attached hydrogens (tertiary/aromatic N) is 5. The molecule has 4 rings (SSSR count). The lowest BCUT2D eigenvalue weighted by molar-refractivity contribution is -0.141. The van der Waals surface area contributed by atoms with Gasteiger partial charge in [0.2, 0.25) is 0 Å². The van der Waals surface area contributed by atoms with Gasteiger partial charge >= 0.3 is 12.4 Å². The second-order valence-corrected chi connectivity index (χ2v) is 10.4. The van der Waals surface area contributed by atoms with E-state index < -0.39 is 148 Å². The minimum atomic E-state index is -6.08. The number of hydrogen-bond acceptors (Lipinski definition) is 5. The number of allylic oxidation sites excluding steroid dienone is 6. The van der Waals surface area contributed by atoms with E-state index in [4.69, 9.17) is 16.9 Å². The average molecular weight is 767 g/mol. The first-order chi connectivity index (χ1) is 25.0. The molecular formula is C34H4F15N5. The molecule has 3 aromatic carbocycles. The van der Waals surface area contributed by atoms with Crippen molar-refractivity contribution in [3.05, 3.63) is 119 Å². The van der Waals surface area contributed by atoms with Crippen molar-refractivity contribution in [2.75, 3.05) is 0 Å². The van der Waals surface area contributed by atoms with E-state index in [1.165, 1.54) is 0 Å². The smallest absolute Gasteiger partial charge is 0.206 e. The van der Waals surface area contributed by atoms with E-state index in [0.29, 0.717) is 13.0 Å². The Morgan fingerprint density at radius 3 is 1.04 bits per heavy atom. The number of hydrogen-bond donors (Lipinski definition) is 0. The van der Waals surface area contributed by atoms with Crippen LogP contribution in [0.4, 0.5) is 65.9 Å².